The van der Waals surface area contributed by atoms with Crippen molar-refractivity contribution < 1.29 is 22.0 Å². The second kappa shape index (κ2) is 7.90. The molecule has 26 heavy (non-hydrogen) atoms. The second-order valence-electron chi connectivity index (χ2n) is 5.40. The predicted octanol–water partition coefficient (Wildman–Crippen LogP) is 2.29. The zero-order chi connectivity index (χ0) is 18.7. The van der Waals surface area contributed by atoms with Gasteiger partial charge in [0.1, 0.15) is 17.0 Å². The maximum atomic E-state index is 14.0. The summed E-state index contributed by atoms with van der Waals surface area (Å²) in [6.45, 7) is 0.193. The Bertz CT molecular complexity index is 1040. The molecule has 136 valence electrons. The number of nitrogens with zero attached hydrogens (tertiary/aromatic N) is 2. The lowest BCUT2D eigenvalue weighted by molar-refractivity contribution is 0.103. The van der Waals surface area contributed by atoms with E-state index in [2.05, 4.69) is 14.7 Å². The molecule has 3 aromatic rings. The van der Waals surface area contributed by atoms with Crippen LogP contribution in [-0.4, -0.2) is 30.7 Å². The van der Waals surface area contributed by atoms with Crippen molar-refractivity contribution >= 4 is 39.5 Å². The van der Waals surface area contributed by atoms with Crippen molar-refractivity contribution in [2.75, 3.05) is 6.54 Å². The van der Waals surface area contributed by atoms with E-state index in [1.54, 1.807) is 6.07 Å². The molecule has 0 aliphatic heterocycles. The number of benzene rings is 1. The SMILES string of the molecule is O=C(c1ccc2ncoc2n1)c1cc(F)cc(CCCN[SH](=O)=O)c1Cl. The zero-order valence-electron chi connectivity index (χ0n) is 13.2. The van der Waals surface area contributed by atoms with Crippen molar-refractivity contribution in [3.8, 4) is 0 Å². The van der Waals surface area contributed by atoms with Crippen molar-refractivity contribution in [2.45, 2.75) is 12.8 Å². The molecule has 10 heteroatoms. The van der Waals surface area contributed by atoms with Crippen LogP contribution in [0.25, 0.3) is 11.2 Å². The molecule has 0 unspecified atom stereocenters. The van der Waals surface area contributed by atoms with E-state index in [0.29, 0.717) is 23.9 Å². The molecule has 0 aliphatic carbocycles. The number of ketones is 1. The second-order valence-corrected chi connectivity index (χ2v) is 6.61. The van der Waals surface area contributed by atoms with Crippen LogP contribution >= 0.6 is 11.6 Å². The van der Waals surface area contributed by atoms with Gasteiger partial charge in [-0.2, -0.15) is 0 Å². The number of fused-ring (bicyclic) bond motifs is 1. The van der Waals surface area contributed by atoms with Crippen molar-refractivity contribution in [1.29, 1.82) is 0 Å². The van der Waals surface area contributed by atoms with E-state index in [4.69, 9.17) is 16.0 Å². The van der Waals surface area contributed by atoms with Crippen LogP contribution in [0.1, 0.15) is 28.0 Å². The van der Waals surface area contributed by atoms with Crippen LogP contribution in [0.15, 0.2) is 35.1 Å². The quantitative estimate of drug-likeness (QED) is 0.360. The van der Waals surface area contributed by atoms with E-state index in [-0.39, 0.29) is 28.5 Å². The van der Waals surface area contributed by atoms with Gasteiger partial charge < -0.3 is 4.42 Å². The minimum atomic E-state index is -2.69. The van der Waals surface area contributed by atoms with Gasteiger partial charge >= 0.3 is 0 Å². The molecule has 0 saturated carbocycles. The first-order valence-corrected chi connectivity index (χ1v) is 9.12. The number of oxazole rings is 1. The highest BCUT2D eigenvalue weighted by molar-refractivity contribution is 7.70. The summed E-state index contributed by atoms with van der Waals surface area (Å²) in [4.78, 5) is 20.7. The highest BCUT2D eigenvalue weighted by atomic mass is 35.5. The number of nitrogens with one attached hydrogen (secondary N) is 1. The number of halogens is 2. The third-order valence-electron chi connectivity index (χ3n) is 3.65. The van der Waals surface area contributed by atoms with Crippen LogP contribution in [-0.2, 0) is 17.3 Å². The molecule has 2 aromatic heterocycles. The van der Waals surface area contributed by atoms with Crippen molar-refractivity contribution in [3.63, 3.8) is 0 Å². The van der Waals surface area contributed by atoms with Gasteiger partial charge in [0.15, 0.2) is 6.39 Å². The lowest BCUT2D eigenvalue weighted by Crippen LogP contribution is -2.13. The zero-order valence-corrected chi connectivity index (χ0v) is 14.9. The number of pyridine rings is 1. The molecule has 0 bridgehead atoms. The minimum Gasteiger partial charge on any atom is -0.425 e. The van der Waals surface area contributed by atoms with Crippen molar-refractivity contribution in [2.24, 2.45) is 0 Å². The summed E-state index contributed by atoms with van der Waals surface area (Å²) in [6.07, 6.45) is 1.92. The summed E-state index contributed by atoms with van der Waals surface area (Å²) in [6, 6.07) is 5.31. The number of carbonyl (C=O) groups is 1. The summed E-state index contributed by atoms with van der Waals surface area (Å²) in [7, 11) is -2.69. The van der Waals surface area contributed by atoms with E-state index in [1.165, 1.54) is 18.5 Å². The molecular formula is C16H13ClFN3O4S. The average molecular weight is 398 g/mol. The number of rotatable bonds is 7. The third-order valence-corrected chi connectivity index (χ3v) is 4.58. The van der Waals surface area contributed by atoms with Crippen molar-refractivity contribution in [3.05, 3.63) is 58.3 Å². The van der Waals surface area contributed by atoms with E-state index in [1.807, 2.05) is 0 Å². The maximum Gasteiger partial charge on any atom is 0.247 e. The lowest BCUT2D eigenvalue weighted by Gasteiger charge is -2.09. The Morgan fingerprint density at radius 1 is 1.31 bits per heavy atom. The van der Waals surface area contributed by atoms with Crippen LogP contribution in [0.5, 0.6) is 0 Å². The van der Waals surface area contributed by atoms with Crippen LogP contribution in [0.2, 0.25) is 5.02 Å². The molecule has 1 aromatic carbocycles. The van der Waals surface area contributed by atoms with Crippen LogP contribution < -0.4 is 4.72 Å². The third kappa shape index (κ3) is 4.06. The summed E-state index contributed by atoms with van der Waals surface area (Å²) >= 11 is 6.27. The number of carbonyl (C=O) groups excluding carboxylic acids is 1. The van der Waals surface area contributed by atoms with Gasteiger partial charge in [0.25, 0.3) is 0 Å². The summed E-state index contributed by atoms with van der Waals surface area (Å²) < 4.78 is 42.2. The summed E-state index contributed by atoms with van der Waals surface area (Å²) in [5.74, 6) is -1.16. The van der Waals surface area contributed by atoms with Gasteiger partial charge in [0.2, 0.25) is 22.4 Å². The largest absolute Gasteiger partial charge is 0.425 e. The highest BCUT2D eigenvalue weighted by Gasteiger charge is 2.19. The Labute approximate surface area is 154 Å². The number of aromatic nitrogens is 2. The molecule has 0 saturated heterocycles. The molecule has 7 nitrogen and oxygen atoms in total. The highest BCUT2D eigenvalue weighted by Crippen LogP contribution is 2.26. The fourth-order valence-corrected chi connectivity index (χ4v) is 3.09. The number of hydrogen-bond donors (Lipinski definition) is 2. The number of thiol groups is 1. The van der Waals surface area contributed by atoms with E-state index >= 15 is 0 Å². The van der Waals surface area contributed by atoms with Crippen LogP contribution in [0.4, 0.5) is 4.39 Å². The van der Waals surface area contributed by atoms with Gasteiger partial charge in [0.05, 0.1) is 5.02 Å². The van der Waals surface area contributed by atoms with Crippen molar-refractivity contribution in [1.82, 2.24) is 14.7 Å². The fraction of sp³-hybridized carbons (Fsp3) is 0.188. The van der Waals surface area contributed by atoms with E-state index in [0.717, 1.165) is 6.07 Å². The summed E-state index contributed by atoms with van der Waals surface area (Å²) in [5.41, 5.74) is 1.14. The summed E-state index contributed by atoms with van der Waals surface area (Å²) in [5, 5.41) is 0.113. The number of aryl methyl sites for hydroxylation is 1. The van der Waals surface area contributed by atoms with Gasteiger partial charge in [-0.15, -0.1) is 0 Å². The Balaban J connectivity index is 1.87. The Kier molecular flexibility index (Phi) is 5.60. The first kappa shape index (κ1) is 18.4. The Morgan fingerprint density at radius 3 is 2.88 bits per heavy atom. The van der Waals surface area contributed by atoms with E-state index in [9.17, 15) is 17.6 Å². The molecule has 1 N–H and O–H groups in total. The van der Waals surface area contributed by atoms with Crippen LogP contribution in [0, 0.1) is 5.82 Å². The standard InChI is InChI=1S/C16H13ClFN3O4S/c17-14-9(2-1-5-20-26(23)24)6-10(18)7-11(14)15(22)12-3-4-13-16(21-12)25-8-19-13/h3-4,6-8,26H,1-2,5H2,(H,20,23,24). The van der Waals surface area contributed by atoms with Gasteiger partial charge in [0, 0.05) is 12.1 Å². The predicted molar refractivity (Wildman–Crippen MR) is 93.3 cm³/mol. The molecule has 0 amide bonds. The normalized spacial score (nSPS) is 11.3. The van der Waals surface area contributed by atoms with Gasteiger partial charge in [-0.3, -0.25) is 4.79 Å². The van der Waals surface area contributed by atoms with Gasteiger partial charge in [-0.25, -0.2) is 27.5 Å². The first-order valence-electron chi connectivity index (χ1n) is 7.56. The topological polar surface area (TPSA) is 102 Å². The number of hydrogen-bond acceptors (Lipinski definition) is 6. The van der Waals surface area contributed by atoms with E-state index < -0.39 is 22.5 Å². The lowest BCUT2D eigenvalue weighted by atomic mass is 10.0. The molecule has 0 spiro atoms. The average Bonchev–Trinajstić information content (AvgIpc) is 3.08. The Morgan fingerprint density at radius 2 is 2.12 bits per heavy atom. The Hall–Kier alpha value is -2.36. The molecule has 0 atom stereocenters. The maximum absolute atomic E-state index is 14.0. The molecule has 2 heterocycles. The van der Waals surface area contributed by atoms with Gasteiger partial charge in [-0.1, -0.05) is 11.6 Å². The molecule has 0 fully saturated rings. The molecule has 0 aliphatic rings. The van der Waals surface area contributed by atoms with Gasteiger partial charge in [-0.05, 0) is 42.7 Å². The first-order chi connectivity index (χ1) is 12.5. The molecule has 3 rings (SSSR count). The van der Waals surface area contributed by atoms with Crippen LogP contribution in [0.3, 0.4) is 0 Å². The molecular weight excluding hydrogens is 385 g/mol. The minimum absolute atomic E-state index is 0.0177. The monoisotopic (exact) mass is 397 g/mol. The fourth-order valence-electron chi connectivity index (χ4n) is 2.46. The smallest absolute Gasteiger partial charge is 0.247 e. The molecule has 0 radical (unpaired) electrons.